The van der Waals surface area contributed by atoms with Crippen molar-refractivity contribution >= 4 is 28.6 Å². The summed E-state index contributed by atoms with van der Waals surface area (Å²) in [6.07, 6.45) is 2.32. The monoisotopic (exact) mass is 440 g/mol. The Morgan fingerprint density at radius 2 is 1.90 bits per heavy atom. The Kier molecular flexibility index (Phi) is 5.82. The maximum Gasteiger partial charge on any atom is 0.166 e. The van der Waals surface area contributed by atoms with Gasteiger partial charge in [0.15, 0.2) is 17.0 Å². The van der Waals surface area contributed by atoms with E-state index < -0.39 is 0 Å². The van der Waals surface area contributed by atoms with Crippen molar-refractivity contribution in [3.05, 3.63) is 35.1 Å². The second-order valence-corrected chi connectivity index (χ2v) is 8.76. The van der Waals surface area contributed by atoms with Crippen molar-refractivity contribution in [3.8, 4) is 11.4 Å². The largest absolute Gasteiger partial charge is 0.376 e. The van der Waals surface area contributed by atoms with Crippen molar-refractivity contribution in [1.29, 1.82) is 0 Å². The zero-order valence-electron chi connectivity index (χ0n) is 18.2. The maximum absolute atomic E-state index is 6.59. The number of benzene rings is 1. The van der Waals surface area contributed by atoms with Gasteiger partial charge in [-0.3, -0.25) is 0 Å². The summed E-state index contributed by atoms with van der Waals surface area (Å²) in [4.78, 5) is 19.6. The molecule has 164 valence electrons. The molecule has 5 rings (SSSR count). The highest BCUT2D eigenvalue weighted by molar-refractivity contribution is 6.33. The quantitative estimate of drug-likeness (QED) is 0.601. The number of aromatic nitrogens is 4. The Morgan fingerprint density at radius 3 is 2.61 bits per heavy atom. The number of ether oxygens (including phenoxy) is 1. The number of imidazole rings is 1. The van der Waals surface area contributed by atoms with Gasteiger partial charge in [0.05, 0.1) is 17.7 Å². The third-order valence-electron chi connectivity index (χ3n) is 6.33. The highest BCUT2D eigenvalue weighted by Gasteiger charge is 2.27. The number of fused-ring (bicyclic) bond motifs is 1. The maximum atomic E-state index is 6.59. The lowest BCUT2D eigenvalue weighted by atomic mass is 10.2. The van der Waals surface area contributed by atoms with E-state index in [4.69, 9.17) is 31.3 Å². The van der Waals surface area contributed by atoms with Gasteiger partial charge in [-0.05, 0) is 38.4 Å². The summed E-state index contributed by atoms with van der Waals surface area (Å²) in [6.45, 7) is 10.8. The van der Waals surface area contributed by atoms with Crippen LogP contribution < -0.4 is 4.90 Å². The summed E-state index contributed by atoms with van der Waals surface area (Å²) < 4.78 is 8.14. The molecule has 4 heterocycles. The SMILES string of the molecule is CCN1CCN(c2nc(C)nc3c2nc(-c2ccccc2Cl)n3CC2CCCO2)CC1. The minimum absolute atomic E-state index is 0.172. The molecule has 0 bridgehead atoms. The van der Waals surface area contributed by atoms with E-state index in [0.717, 1.165) is 92.9 Å². The number of likely N-dealkylation sites (N-methyl/N-ethyl adjacent to an activating group) is 1. The zero-order valence-corrected chi connectivity index (χ0v) is 19.0. The Labute approximate surface area is 188 Å². The summed E-state index contributed by atoms with van der Waals surface area (Å²) in [5.41, 5.74) is 2.63. The summed E-state index contributed by atoms with van der Waals surface area (Å²) in [5.74, 6) is 2.53. The Morgan fingerprint density at radius 1 is 1.10 bits per heavy atom. The fraction of sp³-hybridized carbons (Fsp3) is 0.522. The number of hydrogen-bond acceptors (Lipinski definition) is 6. The van der Waals surface area contributed by atoms with Crippen LogP contribution in [-0.2, 0) is 11.3 Å². The van der Waals surface area contributed by atoms with Crippen molar-refractivity contribution in [2.75, 3.05) is 44.2 Å². The smallest absolute Gasteiger partial charge is 0.166 e. The van der Waals surface area contributed by atoms with E-state index in [1.807, 2.05) is 31.2 Å². The zero-order chi connectivity index (χ0) is 21.4. The van der Waals surface area contributed by atoms with Gasteiger partial charge in [-0.25, -0.2) is 15.0 Å². The molecule has 3 aromatic rings. The Hall–Kier alpha value is -2.22. The van der Waals surface area contributed by atoms with Crippen LogP contribution >= 0.6 is 11.6 Å². The van der Waals surface area contributed by atoms with E-state index in [2.05, 4.69) is 21.3 Å². The number of piperazine rings is 1. The minimum Gasteiger partial charge on any atom is -0.376 e. The topological polar surface area (TPSA) is 59.3 Å². The summed E-state index contributed by atoms with van der Waals surface area (Å²) in [6, 6.07) is 7.88. The van der Waals surface area contributed by atoms with E-state index >= 15 is 0 Å². The van der Waals surface area contributed by atoms with E-state index in [1.165, 1.54) is 0 Å². The van der Waals surface area contributed by atoms with Gasteiger partial charge in [0.25, 0.3) is 0 Å². The van der Waals surface area contributed by atoms with Crippen LogP contribution in [0.3, 0.4) is 0 Å². The molecule has 2 aliphatic rings. The molecule has 0 saturated carbocycles. The highest BCUT2D eigenvalue weighted by atomic mass is 35.5. The molecule has 7 nitrogen and oxygen atoms in total. The molecule has 2 fully saturated rings. The van der Waals surface area contributed by atoms with Crippen LogP contribution in [-0.4, -0.2) is 69.9 Å². The van der Waals surface area contributed by atoms with Gasteiger partial charge >= 0.3 is 0 Å². The van der Waals surface area contributed by atoms with Gasteiger partial charge < -0.3 is 19.1 Å². The molecule has 1 aromatic carbocycles. The van der Waals surface area contributed by atoms with Gasteiger partial charge in [-0.1, -0.05) is 30.7 Å². The van der Waals surface area contributed by atoms with Crippen molar-refractivity contribution in [3.63, 3.8) is 0 Å². The molecule has 8 heteroatoms. The molecule has 0 spiro atoms. The van der Waals surface area contributed by atoms with Crippen molar-refractivity contribution in [2.24, 2.45) is 0 Å². The molecule has 0 N–H and O–H groups in total. The Bertz CT molecular complexity index is 1070. The molecule has 0 radical (unpaired) electrons. The molecular weight excluding hydrogens is 412 g/mol. The average molecular weight is 441 g/mol. The van der Waals surface area contributed by atoms with Gasteiger partial charge in [-0.15, -0.1) is 0 Å². The second-order valence-electron chi connectivity index (χ2n) is 8.35. The first-order chi connectivity index (χ1) is 15.1. The highest BCUT2D eigenvalue weighted by Crippen LogP contribution is 2.34. The molecule has 2 aromatic heterocycles. The fourth-order valence-corrected chi connectivity index (χ4v) is 4.82. The normalized spacial score (nSPS) is 20.1. The number of nitrogens with zero attached hydrogens (tertiary/aromatic N) is 6. The van der Waals surface area contributed by atoms with Crippen LogP contribution in [0.15, 0.2) is 24.3 Å². The van der Waals surface area contributed by atoms with Crippen molar-refractivity contribution in [1.82, 2.24) is 24.4 Å². The molecule has 0 amide bonds. The molecule has 31 heavy (non-hydrogen) atoms. The fourth-order valence-electron chi connectivity index (χ4n) is 4.60. The van der Waals surface area contributed by atoms with Gasteiger partial charge in [-0.2, -0.15) is 0 Å². The summed E-state index contributed by atoms with van der Waals surface area (Å²) in [7, 11) is 0. The first-order valence-corrected chi connectivity index (χ1v) is 11.6. The van der Waals surface area contributed by atoms with E-state index in [9.17, 15) is 0 Å². The molecular formula is C23H29ClN6O. The van der Waals surface area contributed by atoms with Crippen LogP contribution in [0.5, 0.6) is 0 Å². The third-order valence-corrected chi connectivity index (χ3v) is 6.66. The minimum atomic E-state index is 0.172. The van der Waals surface area contributed by atoms with Crippen LogP contribution in [0, 0.1) is 6.92 Å². The van der Waals surface area contributed by atoms with Gasteiger partial charge in [0, 0.05) is 38.3 Å². The Balaban J connectivity index is 1.64. The molecule has 2 saturated heterocycles. The first kappa shape index (κ1) is 20.7. The molecule has 1 atom stereocenters. The van der Waals surface area contributed by atoms with E-state index in [-0.39, 0.29) is 6.10 Å². The molecule has 0 aliphatic carbocycles. The van der Waals surface area contributed by atoms with Crippen LogP contribution in [0.4, 0.5) is 5.82 Å². The van der Waals surface area contributed by atoms with E-state index in [1.54, 1.807) is 0 Å². The first-order valence-electron chi connectivity index (χ1n) is 11.2. The number of aryl methyl sites for hydroxylation is 1. The number of rotatable bonds is 5. The second kappa shape index (κ2) is 8.73. The van der Waals surface area contributed by atoms with Crippen LogP contribution in [0.2, 0.25) is 5.02 Å². The standard InChI is InChI=1S/C23H29ClN6O/c1-3-28-10-12-29(13-11-28)22-20-23(26-16(2)25-22)30(15-17-7-6-14-31-17)21(27-20)18-8-4-5-9-19(18)24/h4-5,8-9,17H,3,6-7,10-15H2,1-2H3. The average Bonchev–Trinajstić information content (AvgIpc) is 3.42. The van der Waals surface area contributed by atoms with E-state index in [0.29, 0.717) is 5.02 Å². The van der Waals surface area contributed by atoms with Gasteiger partial charge in [0.1, 0.15) is 11.6 Å². The lowest BCUT2D eigenvalue weighted by Gasteiger charge is -2.34. The number of hydrogen-bond donors (Lipinski definition) is 0. The summed E-state index contributed by atoms with van der Waals surface area (Å²) in [5, 5.41) is 0.689. The molecule has 1 unspecified atom stereocenters. The van der Waals surface area contributed by atoms with Crippen LogP contribution in [0.1, 0.15) is 25.6 Å². The third kappa shape index (κ3) is 4.02. The summed E-state index contributed by atoms with van der Waals surface area (Å²) >= 11 is 6.59. The predicted molar refractivity (Wildman–Crippen MR) is 124 cm³/mol. The number of anilines is 1. The lowest BCUT2D eigenvalue weighted by Crippen LogP contribution is -2.46. The van der Waals surface area contributed by atoms with Crippen molar-refractivity contribution in [2.45, 2.75) is 39.3 Å². The lowest BCUT2D eigenvalue weighted by molar-refractivity contribution is 0.0981. The molecule has 2 aliphatic heterocycles. The van der Waals surface area contributed by atoms with Gasteiger partial charge in [0.2, 0.25) is 0 Å². The number of halogens is 1. The predicted octanol–water partition coefficient (Wildman–Crippen LogP) is 3.78. The van der Waals surface area contributed by atoms with Crippen LogP contribution in [0.25, 0.3) is 22.6 Å². The van der Waals surface area contributed by atoms with Crippen molar-refractivity contribution < 1.29 is 4.74 Å².